The zero-order valence-electron chi connectivity index (χ0n) is 23.0. The Morgan fingerprint density at radius 1 is 0.897 bits per heavy atom. The number of aliphatic hydroxyl groups excluding tert-OH is 1. The minimum atomic E-state index is 0. The Bertz CT molecular complexity index is 1660. The first-order valence-corrected chi connectivity index (χ1v) is 13.8. The predicted molar refractivity (Wildman–Crippen MR) is 159 cm³/mol. The van der Waals surface area contributed by atoms with Crippen LogP contribution in [0.4, 0.5) is 0 Å². The molecule has 5 heteroatoms. The molecule has 3 aromatic carbocycles. The molecule has 39 heavy (non-hydrogen) atoms. The molecule has 4 nitrogen and oxygen atoms in total. The second-order valence-electron chi connectivity index (χ2n) is 10.1. The van der Waals surface area contributed by atoms with E-state index in [9.17, 15) is 9.90 Å². The maximum atomic E-state index is 11.7. The number of hydrogen-bond donors (Lipinski definition) is 1. The van der Waals surface area contributed by atoms with E-state index in [-0.39, 0.29) is 43.5 Å². The van der Waals surface area contributed by atoms with Crippen molar-refractivity contribution < 1.29 is 30.0 Å². The molecule has 0 amide bonds. The molecule has 0 bridgehead atoms. The van der Waals surface area contributed by atoms with Gasteiger partial charge in [-0.2, -0.15) is 0 Å². The second-order valence-corrected chi connectivity index (χ2v) is 10.1. The van der Waals surface area contributed by atoms with Gasteiger partial charge in [-0.1, -0.05) is 80.3 Å². The molecule has 0 aliphatic carbocycles. The van der Waals surface area contributed by atoms with Crippen molar-refractivity contribution in [2.75, 3.05) is 0 Å². The number of benzene rings is 3. The molecular formula is C34H35IrN2O2-. The fraction of sp³-hybridized carbons (Fsp3) is 0.294. The van der Waals surface area contributed by atoms with Crippen molar-refractivity contribution in [1.82, 2.24) is 9.38 Å². The number of fused-ring (bicyclic) bond motifs is 4. The molecular weight excluding hydrogens is 661 g/mol. The Hall–Kier alpha value is -3.27. The first-order valence-electron chi connectivity index (χ1n) is 13.8. The van der Waals surface area contributed by atoms with Crippen LogP contribution in [0.5, 0.6) is 0 Å². The maximum Gasteiger partial charge on any atom is 0.162 e. The van der Waals surface area contributed by atoms with Crippen molar-refractivity contribution >= 4 is 54.8 Å². The minimum absolute atomic E-state index is 0. The van der Waals surface area contributed by atoms with Crippen molar-refractivity contribution in [2.45, 2.75) is 53.4 Å². The fourth-order valence-corrected chi connectivity index (χ4v) is 5.60. The average Bonchev–Trinajstić information content (AvgIpc) is 3.33. The molecule has 1 N–H and O–H groups in total. The van der Waals surface area contributed by atoms with E-state index in [1.54, 1.807) is 0 Å². The Kier molecular flexibility index (Phi) is 9.04. The summed E-state index contributed by atoms with van der Waals surface area (Å²) >= 11 is 0. The Balaban J connectivity index is 0.000000196. The van der Waals surface area contributed by atoms with Gasteiger partial charge >= 0.3 is 0 Å². The number of carbonyl (C=O) groups is 1. The molecule has 0 saturated heterocycles. The molecule has 0 fully saturated rings. The molecule has 0 aliphatic rings. The van der Waals surface area contributed by atoms with Gasteiger partial charge in [0.25, 0.3) is 0 Å². The summed E-state index contributed by atoms with van der Waals surface area (Å²) in [4.78, 5) is 16.4. The molecule has 203 valence electrons. The summed E-state index contributed by atoms with van der Waals surface area (Å²) in [6, 6.07) is 25.1. The first-order chi connectivity index (χ1) is 18.5. The monoisotopic (exact) mass is 696 g/mol. The second kappa shape index (κ2) is 12.3. The standard InChI is InChI=1S/C21H11N2.C13H24O2.Ir/c1-2-5-14-12-19-18(11-13(14)4-1)17-7-3-6-15-10-16-8-9-22-21(19)23(16)20(15)17;1-5-10(6-2)12(14)9-13(15)11(7-3)8-4;/h1-11H;9-11,14H,5-8H2,1-4H3;/q-1;;/b;12-9-;. The number of carbonyl (C=O) groups excluding carboxylic acids is 1. The van der Waals surface area contributed by atoms with Gasteiger partial charge in [-0.05, 0) is 48.6 Å². The molecule has 0 saturated carbocycles. The number of pyridine rings is 1. The molecule has 3 aromatic heterocycles. The van der Waals surface area contributed by atoms with Gasteiger partial charge in [0.05, 0.1) is 11.4 Å². The quantitative estimate of drug-likeness (QED) is 0.0597. The number of allylic oxidation sites excluding steroid dienone is 2. The van der Waals surface area contributed by atoms with Gasteiger partial charge in [-0.25, -0.2) is 0 Å². The number of aliphatic hydroxyl groups is 1. The van der Waals surface area contributed by atoms with E-state index in [1.807, 2.05) is 33.9 Å². The van der Waals surface area contributed by atoms with Crippen LogP contribution in [0, 0.1) is 17.9 Å². The fourth-order valence-electron chi connectivity index (χ4n) is 5.60. The van der Waals surface area contributed by atoms with Crippen molar-refractivity contribution in [3.05, 3.63) is 84.8 Å². The number of rotatable bonds is 7. The van der Waals surface area contributed by atoms with Crippen LogP contribution < -0.4 is 0 Å². The topological polar surface area (TPSA) is 54.6 Å². The van der Waals surface area contributed by atoms with E-state index in [0.29, 0.717) is 0 Å². The van der Waals surface area contributed by atoms with E-state index in [4.69, 9.17) is 0 Å². The van der Waals surface area contributed by atoms with Gasteiger partial charge in [0, 0.05) is 55.2 Å². The van der Waals surface area contributed by atoms with Crippen molar-refractivity contribution in [3.8, 4) is 0 Å². The Labute approximate surface area is 243 Å². The first kappa shape index (κ1) is 28.7. The van der Waals surface area contributed by atoms with Crippen molar-refractivity contribution in [1.29, 1.82) is 0 Å². The summed E-state index contributed by atoms with van der Waals surface area (Å²) in [5.74, 6) is 0.547. The number of aromatic nitrogens is 2. The summed E-state index contributed by atoms with van der Waals surface area (Å²) in [5, 5.41) is 16.9. The van der Waals surface area contributed by atoms with Gasteiger partial charge in [0.2, 0.25) is 0 Å². The van der Waals surface area contributed by atoms with E-state index in [2.05, 4.69) is 76.1 Å². The van der Waals surface area contributed by atoms with Crippen LogP contribution in [0.25, 0.3) is 49.0 Å². The third-order valence-corrected chi connectivity index (χ3v) is 7.89. The zero-order valence-corrected chi connectivity index (χ0v) is 25.4. The van der Waals surface area contributed by atoms with Crippen LogP contribution in [0.15, 0.2) is 78.7 Å². The third kappa shape index (κ3) is 5.31. The molecule has 0 atom stereocenters. The number of para-hydroxylation sites is 1. The van der Waals surface area contributed by atoms with Crippen LogP contribution in [0.1, 0.15) is 53.4 Å². The zero-order chi connectivity index (χ0) is 26.8. The summed E-state index contributed by atoms with van der Waals surface area (Å²) < 4.78 is 2.26. The molecule has 3 heterocycles. The largest absolute Gasteiger partial charge is 0.512 e. The van der Waals surface area contributed by atoms with Crippen LogP contribution in [-0.2, 0) is 24.9 Å². The van der Waals surface area contributed by atoms with Gasteiger partial charge in [-0.15, -0.1) is 23.6 Å². The molecule has 0 spiro atoms. The summed E-state index contributed by atoms with van der Waals surface area (Å²) in [6.45, 7) is 8.07. The maximum absolute atomic E-state index is 11.7. The summed E-state index contributed by atoms with van der Waals surface area (Å²) in [5.41, 5.74) is 3.42. The van der Waals surface area contributed by atoms with E-state index < -0.39 is 0 Å². The summed E-state index contributed by atoms with van der Waals surface area (Å²) in [6.07, 6.45) is 6.80. The third-order valence-electron chi connectivity index (χ3n) is 7.89. The minimum Gasteiger partial charge on any atom is -0.512 e. The van der Waals surface area contributed by atoms with Crippen LogP contribution in [0.3, 0.4) is 0 Å². The van der Waals surface area contributed by atoms with Crippen LogP contribution in [0.2, 0.25) is 0 Å². The normalized spacial score (nSPS) is 12.1. The van der Waals surface area contributed by atoms with Crippen LogP contribution >= 0.6 is 0 Å². The molecule has 0 aliphatic heterocycles. The molecule has 1 radical (unpaired) electrons. The average molecular weight is 696 g/mol. The number of hydrogen-bond acceptors (Lipinski definition) is 3. The van der Waals surface area contributed by atoms with E-state index >= 15 is 0 Å². The van der Waals surface area contributed by atoms with Crippen molar-refractivity contribution in [3.63, 3.8) is 0 Å². The Morgan fingerprint density at radius 2 is 1.59 bits per heavy atom. The van der Waals surface area contributed by atoms with Crippen molar-refractivity contribution in [2.24, 2.45) is 11.8 Å². The summed E-state index contributed by atoms with van der Waals surface area (Å²) in [7, 11) is 0. The molecule has 6 aromatic rings. The van der Waals surface area contributed by atoms with Gasteiger partial charge in [-0.3, -0.25) is 9.78 Å². The van der Waals surface area contributed by atoms with Gasteiger partial charge in [0.15, 0.2) is 5.78 Å². The van der Waals surface area contributed by atoms with Gasteiger partial charge < -0.3 is 9.51 Å². The molecule has 6 rings (SSSR count). The van der Waals surface area contributed by atoms with E-state index in [1.165, 1.54) is 38.7 Å². The van der Waals surface area contributed by atoms with Gasteiger partial charge in [0.1, 0.15) is 0 Å². The Morgan fingerprint density at radius 3 is 2.31 bits per heavy atom. The van der Waals surface area contributed by atoms with Crippen LogP contribution in [-0.4, -0.2) is 20.3 Å². The smallest absolute Gasteiger partial charge is 0.162 e. The predicted octanol–water partition coefficient (Wildman–Crippen LogP) is 9.05. The molecule has 0 unspecified atom stereocenters. The SMILES string of the molecule is CCC(CC)C(=O)/C=C(\O)C(CC)CC.[Ir].[c-]1c2ccccc2cc2c1c1nccc3cc4cccc2c4n31. The number of nitrogens with zero attached hydrogens (tertiary/aromatic N) is 2. The number of ketones is 1. The van der Waals surface area contributed by atoms with E-state index in [0.717, 1.165) is 42.1 Å².